The Morgan fingerprint density at radius 1 is 1.80 bits per heavy atom. The minimum atomic E-state index is 0.163. The molecule has 0 aromatic heterocycles. The molecule has 0 fully saturated rings. The number of aliphatic hydroxyl groups is 1. The Kier molecular flexibility index (Phi) is 3.15. The van der Waals surface area contributed by atoms with E-state index in [0.29, 0.717) is 0 Å². The molecule has 0 amide bonds. The smallest absolute Gasteiger partial charge is 0.0765 e. The number of hydrogen-bond donors (Lipinski definition) is 1. The largest absolute Gasteiger partial charge is 0.516 e. The summed E-state index contributed by atoms with van der Waals surface area (Å²) in [7, 11) is 0. The summed E-state index contributed by atoms with van der Waals surface area (Å²) in [5.41, 5.74) is 6.36. The lowest BCUT2D eigenvalue weighted by atomic mass is 10.6. The molecule has 0 saturated carbocycles. The third-order valence-corrected chi connectivity index (χ3v) is 0.223. The van der Waals surface area contributed by atoms with Gasteiger partial charge in [0.1, 0.15) is 0 Å². The van der Waals surface area contributed by atoms with Gasteiger partial charge in [-0.1, -0.05) is 0 Å². The summed E-state index contributed by atoms with van der Waals surface area (Å²) >= 11 is 0. The molecule has 0 aliphatic heterocycles. The summed E-state index contributed by atoms with van der Waals surface area (Å²) in [6.45, 7) is 0.163. The monoisotopic (exact) mass is 72.0 g/mol. The SMILES string of the molecule is [NH]C/C=C/O. The molecule has 5 heavy (non-hydrogen) atoms. The van der Waals surface area contributed by atoms with E-state index in [1.165, 1.54) is 6.08 Å². The van der Waals surface area contributed by atoms with Crippen LogP contribution < -0.4 is 5.73 Å². The molecule has 0 atom stereocenters. The normalized spacial score (nSPS) is 9.80. The maximum absolute atomic E-state index is 7.77. The molecular formula is C3H6NO. The van der Waals surface area contributed by atoms with Gasteiger partial charge in [-0.25, -0.2) is 0 Å². The van der Waals surface area contributed by atoms with Crippen molar-refractivity contribution in [2.75, 3.05) is 6.54 Å². The van der Waals surface area contributed by atoms with Crippen molar-refractivity contribution in [1.82, 2.24) is 5.73 Å². The van der Waals surface area contributed by atoms with Crippen molar-refractivity contribution < 1.29 is 5.11 Å². The van der Waals surface area contributed by atoms with Gasteiger partial charge in [0.25, 0.3) is 0 Å². The highest BCUT2D eigenvalue weighted by molar-refractivity contribution is 4.70. The molecule has 0 aromatic rings. The van der Waals surface area contributed by atoms with Gasteiger partial charge in [-0.05, 0) is 6.08 Å². The second-order valence-electron chi connectivity index (χ2n) is 0.589. The number of hydrogen-bond acceptors (Lipinski definition) is 1. The van der Waals surface area contributed by atoms with Crippen LogP contribution in [0.25, 0.3) is 0 Å². The van der Waals surface area contributed by atoms with Crippen LogP contribution in [0.4, 0.5) is 0 Å². The van der Waals surface area contributed by atoms with Crippen molar-refractivity contribution in [3.05, 3.63) is 12.3 Å². The van der Waals surface area contributed by atoms with Gasteiger partial charge >= 0.3 is 0 Å². The van der Waals surface area contributed by atoms with Crippen molar-refractivity contribution in [1.29, 1.82) is 0 Å². The van der Waals surface area contributed by atoms with E-state index < -0.39 is 0 Å². The summed E-state index contributed by atoms with van der Waals surface area (Å²) in [5, 5.41) is 7.77. The van der Waals surface area contributed by atoms with Gasteiger partial charge in [0.05, 0.1) is 6.26 Å². The lowest BCUT2D eigenvalue weighted by molar-refractivity contribution is 0.472. The Balaban J connectivity index is 2.62. The molecule has 0 aliphatic carbocycles. The zero-order valence-electron chi connectivity index (χ0n) is 2.81. The molecule has 0 spiro atoms. The van der Waals surface area contributed by atoms with E-state index in [2.05, 4.69) is 0 Å². The van der Waals surface area contributed by atoms with Crippen molar-refractivity contribution in [3.8, 4) is 0 Å². The molecule has 29 valence electrons. The first kappa shape index (κ1) is 4.50. The van der Waals surface area contributed by atoms with Crippen molar-refractivity contribution in [3.63, 3.8) is 0 Å². The van der Waals surface area contributed by atoms with E-state index in [4.69, 9.17) is 10.8 Å². The standard InChI is InChI=1S/C3H6NO/c4-2-1-3-5/h1,3-5H,2H2/b3-1+. The Hall–Kier alpha value is -0.500. The predicted octanol–water partition coefficient (Wildman–Crippen LogP) is 0.341. The minimum absolute atomic E-state index is 0.163. The second-order valence-corrected chi connectivity index (χ2v) is 0.589. The molecule has 2 heteroatoms. The van der Waals surface area contributed by atoms with E-state index in [1.807, 2.05) is 0 Å². The Morgan fingerprint density at radius 3 is 2.40 bits per heavy atom. The minimum Gasteiger partial charge on any atom is -0.516 e. The summed E-state index contributed by atoms with van der Waals surface area (Å²) in [6, 6.07) is 0. The van der Waals surface area contributed by atoms with Crippen LogP contribution in [0.3, 0.4) is 0 Å². The molecule has 0 aromatic carbocycles. The van der Waals surface area contributed by atoms with Crippen LogP contribution in [0.1, 0.15) is 0 Å². The van der Waals surface area contributed by atoms with Crippen molar-refractivity contribution in [2.45, 2.75) is 0 Å². The summed E-state index contributed by atoms with van der Waals surface area (Å²) < 4.78 is 0. The Bertz CT molecular complexity index is 33.9. The van der Waals surface area contributed by atoms with E-state index in [1.54, 1.807) is 0 Å². The quantitative estimate of drug-likeness (QED) is 0.446. The molecule has 2 nitrogen and oxygen atoms in total. The molecule has 1 radical (unpaired) electrons. The lowest BCUT2D eigenvalue weighted by Gasteiger charge is -1.65. The molecule has 0 rings (SSSR count). The molecule has 0 saturated heterocycles. The van der Waals surface area contributed by atoms with Gasteiger partial charge in [-0.15, -0.1) is 0 Å². The first-order valence-electron chi connectivity index (χ1n) is 1.35. The van der Waals surface area contributed by atoms with Crippen LogP contribution in [-0.2, 0) is 0 Å². The van der Waals surface area contributed by atoms with Crippen LogP contribution in [0.15, 0.2) is 12.3 Å². The van der Waals surface area contributed by atoms with E-state index in [-0.39, 0.29) is 6.54 Å². The molecule has 0 bridgehead atoms. The summed E-state index contributed by atoms with van der Waals surface area (Å²) in [5.74, 6) is 0. The van der Waals surface area contributed by atoms with Crippen molar-refractivity contribution >= 4 is 0 Å². The highest BCUT2D eigenvalue weighted by atomic mass is 16.2. The van der Waals surface area contributed by atoms with Crippen LogP contribution in [0.2, 0.25) is 0 Å². The van der Waals surface area contributed by atoms with Gasteiger partial charge in [0.15, 0.2) is 0 Å². The molecule has 0 heterocycles. The van der Waals surface area contributed by atoms with E-state index in [0.717, 1.165) is 6.26 Å². The summed E-state index contributed by atoms with van der Waals surface area (Å²) in [6.07, 6.45) is 2.22. The maximum atomic E-state index is 7.77. The zero-order chi connectivity index (χ0) is 4.12. The van der Waals surface area contributed by atoms with Crippen LogP contribution in [-0.4, -0.2) is 11.7 Å². The Morgan fingerprint density at radius 2 is 2.40 bits per heavy atom. The van der Waals surface area contributed by atoms with E-state index >= 15 is 0 Å². The van der Waals surface area contributed by atoms with Crippen LogP contribution >= 0.6 is 0 Å². The average Bonchev–Trinajstić information content (AvgIpc) is 1.41. The fraction of sp³-hybridized carbons (Fsp3) is 0.333. The second kappa shape index (κ2) is 3.50. The summed E-state index contributed by atoms with van der Waals surface area (Å²) in [4.78, 5) is 0. The average molecular weight is 72.1 g/mol. The van der Waals surface area contributed by atoms with E-state index in [9.17, 15) is 0 Å². The van der Waals surface area contributed by atoms with Crippen molar-refractivity contribution in [2.24, 2.45) is 0 Å². The Labute approximate surface area is 30.9 Å². The zero-order valence-corrected chi connectivity index (χ0v) is 2.81. The molecule has 0 unspecified atom stereocenters. The first-order chi connectivity index (χ1) is 2.41. The lowest BCUT2D eigenvalue weighted by Crippen LogP contribution is -1.71. The third-order valence-electron chi connectivity index (χ3n) is 0.223. The topological polar surface area (TPSA) is 44.0 Å². The van der Waals surface area contributed by atoms with Gasteiger partial charge in [-0.2, -0.15) is 0 Å². The highest BCUT2D eigenvalue weighted by Crippen LogP contribution is 1.55. The third kappa shape index (κ3) is 3.50. The van der Waals surface area contributed by atoms with Crippen LogP contribution in [0.5, 0.6) is 0 Å². The molecule has 2 N–H and O–H groups in total. The number of aliphatic hydroxyl groups excluding tert-OH is 1. The van der Waals surface area contributed by atoms with Gasteiger partial charge in [-0.3, -0.25) is 5.73 Å². The molecule has 0 aliphatic rings. The number of nitrogens with one attached hydrogen (secondary N) is 1. The fourth-order valence-electron chi connectivity index (χ4n) is 0.0527. The number of rotatable bonds is 1. The van der Waals surface area contributed by atoms with Gasteiger partial charge < -0.3 is 5.11 Å². The fourth-order valence-corrected chi connectivity index (χ4v) is 0.0527. The van der Waals surface area contributed by atoms with Gasteiger partial charge in [0, 0.05) is 6.54 Å². The van der Waals surface area contributed by atoms with Gasteiger partial charge in [0.2, 0.25) is 0 Å². The van der Waals surface area contributed by atoms with Crippen LogP contribution in [0, 0.1) is 0 Å². The predicted molar refractivity (Wildman–Crippen MR) is 19.7 cm³/mol. The first-order valence-corrected chi connectivity index (χ1v) is 1.35. The maximum Gasteiger partial charge on any atom is 0.0765 e. The molecular weight excluding hydrogens is 66.0 g/mol. The highest BCUT2D eigenvalue weighted by Gasteiger charge is 1.54.